The number of rotatable bonds is 6. The maximum Gasteiger partial charge on any atom is 0.325 e. The second-order valence-corrected chi connectivity index (χ2v) is 10.2. The predicted molar refractivity (Wildman–Crippen MR) is 123 cm³/mol. The molecular formula is C25H35N3O5. The highest BCUT2D eigenvalue weighted by atomic mass is 16.6. The third kappa shape index (κ3) is 4.52. The van der Waals surface area contributed by atoms with Crippen molar-refractivity contribution in [2.75, 3.05) is 19.8 Å². The molecule has 8 nitrogen and oxygen atoms in total. The van der Waals surface area contributed by atoms with Crippen molar-refractivity contribution in [2.24, 2.45) is 11.3 Å². The van der Waals surface area contributed by atoms with Gasteiger partial charge in [-0.15, -0.1) is 0 Å². The van der Waals surface area contributed by atoms with Gasteiger partial charge in [0, 0.05) is 0 Å². The van der Waals surface area contributed by atoms with Crippen LogP contribution in [-0.2, 0) is 9.59 Å². The first-order chi connectivity index (χ1) is 15.6. The SMILES string of the molecule is CCC(C)(C)C1CCC2(CC1)NC(=O)N(CC(=O)NC(C)c1ccc3c(c1)OCCO3)C2=O. The quantitative estimate of drug-likeness (QED) is 0.637. The van der Waals surface area contributed by atoms with Crippen molar-refractivity contribution in [2.45, 2.75) is 71.4 Å². The number of imide groups is 1. The summed E-state index contributed by atoms with van der Waals surface area (Å²) in [6.07, 6.45) is 4.12. The zero-order valence-corrected chi connectivity index (χ0v) is 20.0. The summed E-state index contributed by atoms with van der Waals surface area (Å²) >= 11 is 0. The molecule has 1 atom stereocenters. The summed E-state index contributed by atoms with van der Waals surface area (Å²) in [5, 5.41) is 5.80. The third-order valence-corrected chi connectivity index (χ3v) is 7.85. The zero-order valence-electron chi connectivity index (χ0n) is 20.0. The van der Waals surface area contributed by atoms with Crippen LogP contribution < -0.4 is 20.1 Å². The normalized spacial score (nSPS) is 25.7. The highest BCUT2D eigenvalue weighted by Crippen LogP contribution is 2.45. The van der Waals surface area contributed by atoms with Gasteiger partial charge in [0.05, 0.1) is 6.04 Å². The fourth-order valence-corrected chi connectivity index (χ4v) is 5.18. The minimum Gasteiger partial charge on any atom is -0.486 e. The van der Waals surface area contributed by atoms with Gasteiger partial charge in [-0.1, -0.05) is 33.3 Å². The Morgan fingerprint density at radius 3 is 2.55 bits per heavy atom. The molecule has 4 amide bonds. The van der Waals surface area contributed by atoms with Gasteiger partial charge >= 0.3 is 6.03 Å². The molecular weight excluding hydrogens is 422 g/mol. The van der Waals surface area contributed by atoms with Crippen molar-refractivity contribution in [3.8, 4) is 11.5 Å². The summed E-state index contributed by atoms with van der Waals surface area (Å²) in [5.41, 5.74) is 0.216. The molecule has 0 aromatic heterocycles. The molecule has 2 aliphatic heterocycles. The standard InChI is InChI=1S/C25H35N3O5/c1-5-24(3,4)18-8-10-25(11-9-18)22(30)28(23(31)27-25)15-21(29)26-16(2)17-6-7-19-20(14-17)33-13-12-32-19/h6-7,14,16,18H,5,8-13,15H2,1-4H3,(H,26,29)(H,27,31). The molecule has 1 aromatic rings. The van der Waals surface area contributed by atoms with E-state index < -0.39 is 11.6 Å². The summed E-state index contributed by atoms with van der Waals surface area (Å²) < 4.78 is 11.1. The molecule has 2 fully saturated rings. The fourth-order valence-electron chi connectivity index (χ4n) is 5.18. The summed E-state index contributed by atoms with van der Waals surface area (Å²) in [7, 11) is 0. The predicted octanol–water partition coefficient (Wildman–Crippen LogP) is 3.55. The van der Waals surface area contributed by atoms with Gasteiger partial charge in [0.25, 0.3) is 5.91 Å². The second-order valence-electron chi connectivity index (χ2n) is 10.2. The molecule has 1 unspecified atom stereocenters. The lowest BCUT2D eigenvalue weighted by Crippen LogP contribution is -2.51. The Kier molecular flexibility index (Phi) is 6.29. The van der Waals surface area contributed by atoms with Gasteiger partial charge in [-0.2, -0.15) is 0 Å². The van der Waals surface area contributed by atoms with Crippen LogP contribution in [0.2, 0.25) is 0 Å². The van der Waals surface area contributed by atoms with Gasteiger partial charge in [0.2, 0.25) is 5.91 Å². The first kappa shape index (κ1) is 23.4. The van der Waals surface area contributed by atoms with Crippen molar-refractivity contribution in [3.63, 3.8) is 0 Å². The number of urea groups is 1. The van der Waals surface area contributed by atoms with Crippen LogP contribution in [-0.4, -0.2) is 48.0 Å². The molecule has 2 heterocycles. The van der Waals surface area contributed by atoms with Gasteiger partial charge in [-0.05, 0) is 61.6 Å². The van der Waals surface area contributed by atoms with E-state index in [0.717, 1.165) is 29.7 Å². The fraction of sp³-hybridized carbons (Fsp3) is 0.640. The van der Waals surface area contributed by atoms with Crippen LogP contribution in [0.3, 0.4) is 0 Å². The molecule has 1 aromatic carbocycles. The van der Waals surface area contributed by atoms with Crippen molar-refractivity contribution in [1.82, 2.24) is 15.5 Å². The molecule has 3 aliphatic rings. The summed E-state index contributed by atoms with van der Waals surface area (Å²) in [6.45, 7) is 9.30. The number of benzene rings is 1. The average molecular weight is 458 g/mol. The third-order valence-electron chi connectivity index (χ3n) is 7.85. The summed E-state index contributed by atoms with van der Waals surface area (Å²) in [5.74, 6) is 1.21. The molecule has 33 heavy (non-hydrogen) atoms. The van der Waals surface area contributed by atoms with Crippen molar-refractivity contribution in [1.29, 1.82) is 0 Å². The molecule has 8 heteroatoms. The first-order valence-corrected chi connectivity index (χ1v) is 12.0. The van der Waals surface area contributed by atoms with Crippen LogP contribution in [0.5, 0.6) is 11.5 Å². The van der Waals surface area contributed by atoms with E-state index in [2.05, 4.69) is 31.4 Å². The molecule has 180 valence electrons. The van der Waals surface area contributed by atoms with E-state index in [4.69, 9.17) is 9.47 Å². The van der Waals surface area contributed by atoms with Crippen molar-refractivity contribution < 1.29 is 23.9 Å². The molecule has 1 saturated carbocycles. The van der Waals surface area contributed by atoms with E-state index >= 15 is 0 Å². The minimum atomic E-state index is -0.862. The monoisotopic (exact) mass is 457 g/mol. The van der Waals surface area contributed by atoms with Crippen molar-refractivity contribution in [3.05, 3.63) is 23.8 Å². The lowest BCUT2D eigenvalue weighted by Gasteiger charge is -2.42. The Bertz CT molecular complexity index is 936. The number of nitrogens with zero attached hydrogens (tertiary/aromatic N) is 1. The highest BCUT2D eigenvalue weighted by molar-refractivity contribution is 6.09. The van der Waals surface area contributed by atoms with Gasteiger partial charge in [0.1, 0.15) is 25.3 Å². The maximum absolute atomic E-state index is 13.2. The number of carbonyl (C=O) groups excluding carboxylic acids is 3. The van der Waals surface area contributed by atoms with Crippen LogP contribution in [0, 0.1) is 11.3 Å². The summed E-state index contributed by atoms with van der Waals surface area (Å²) in [6, 6.07) is 4.75. The van der Waals surface area contributed by atoms with Crippen LogP contribution in [0.25, 0.3) is 0 Å². The maximum atomic E-state index is 13.2. The Morgan fingerprint density at radius 2 is 1.88 bits per heavy atom. The van der Waals surface area contributed by atoms with E-state index in [1.54, 1.807) is 0 Å². The molecule has 4 rings (SSSR count). The second kappa shape index (κ2) is 8.88. The van der Waals surface area contributed by atoms with E-state index in [1.807, 2.05) is 25.1 Å². The Hall–Kier alpha value is -2.77. The number of fused-ring (bicyclic) bond motifs is 1. The smallest absolute Gasteiger partial charge is 0.325 e. The van der Waals surface area contributed by atoms with Gasteiger partial charge in [-0.25, -0.2) is 4.79 Å². The van der Waals surface area contributed by atoms with Crippen LogP contribution in [0.15, 0.2) is 18.2 Å². The minimum absolute atomic E-state index is 0.219. The lowest BCUT2D eigenvalue weighted by molar-refractivity contribution is -0.136. The number of ether oxygens (including phenoxy) is 2. The number of hydrogen-bond acceptors (Lipinski definition) is 5. The topological polar surface area (TPSA) is 97.0 Å². The first-order valence-electron chi connectivity index (χ1n) is 12.0. The van der Waals surface area contributed by atoms with Gasteiger partial charge in [0.15, 0.2) is 11.5 Å². The number of carbonyl (C=O) groups is 3. The lowest BCUT2D eigenvalue weighted by atomic mass is 9.65. The largest absolute Gasteiger partial charge is 0.486 e. The van der Waals surface area contributed by atoms with Gasteiger partial charge < -0.3 is 20.1 Å². The molecule has 1 spiro atoms. The molecule has 1 aliphatic carbocycles. The van der Waals surface area contributed by atoms with Crippen LogP contribution in [0.4, 0.5) is 4.79 Å². The van der Waals surface area contributed by atoms with Crippen LogP contribution in [0.1, 0.15) is 71.4 Å². The Labute approximate surface area is 195 Å². The molecule has 2 N–H and O–H groups in total. The Balaban J connectivity index is 1.36. The molecule has 0 bridgehead atoms. The number of hydrogen-bond donors (Lipinski definition) is 2. The van der Waals surface area contributed by atoms with E-state index in [9.17, 15) is 14.4 Å². The number of nitrogens with one attached hydrogen (secondary N) is 2. The van der Waals surface area contributed by atoms with E-state index in [1.165, 1.54) is 0 Å². The van der Waals surface area contributed by atoms with E-state index in [0.29, 0.717) is 43.5 Å². The number of amides is 4. The average Bonchev–Trinajstić information content (AvgIpc) is 3.02. The van der Waals surface area contributed by atoms with E-state index in [-0.39, 0.29) is 29.8 Å². The Morgan fingerprint density at radius 1 is 1.21 bits per heavy atom. The van der Waals surface area contributed by atoms with Gasteiger partial charge in [-0.3, -0.25) is 14.5 Å². The summed E-state index contributed by atoms with van der Waals surface area (Å²) in [4.78, 5) is 39.6. The van der Waals surface area contributed by atoms with Crippen molar-refractivity contribution >= 4 is 17.8 Å². The van der Waals surface area contributed by atoms with Crippen LogP contribution >= 0.6 is 0 Å². The highest BCUT2D eigenvalue weighted by Gasteiger charge is 2.53. The zero-order chi connectivity index (χ0) is 23.8. The molecule has 1 saturated heterocycles. The molecule has 0 radical (unpaired) electrons.